The molecule has 9 heteroatoms. The maximum atomic E-state index is 12.7. The Morgan fingerprint density at radius 3 is 2.05 bits per heavy atom. The summed E-state index contributed by atoms with van der Waals surface area (Å²) in [6.45, 7) is 8.31. The van der Waals surface area contributed by atoms with Gasteiger partial charge < -0.3 is 23.8 Å². The summed E-state index contributed by atoms with van der Waals surface area (Å²) in [7, 11) is -2.36. The molecule has 0 amide bonds. The van der Waals surface area contributed by atoms with E-state index in [0.29, 0.717) is 26.4 Å². The molecule has 0 spiro atoms. The Hall–Kier alpha value is -1.57. The number of hydrogen-bond acceptors (Lipinski definition) is 7. The zero-order valence-electron chi connectivity index (χ0n) is 26.6. The lowest BCUT2D eigenvalue weighted by Crippen LogP contribution is -2.26. The molecule has 42 heavy (non-hydrogen) atoms. The van der Waals surface area contributed by atoms with E-state index in [2.05, 4.69) is 6.92 Å². The van der Waals surface area contributed by atoms with Crippen LogP contribution in [-0.2, 0) is 25.1 Å². The summed E-state index contributed by atoms with van der Waals surface area (Å²) in [5.41, 5.74) is 0.949. The van der Waals surface area contributed by atoms with Gasteiger partial charge in [0.25, 0.3) is 0 Å². The van der Waals surface area contributed by atoms with Crippen molar-refractivity contribution < 1.29 is 28.0 Å². The fourth-order valence-electron chi connectivity index (χ4n) is 4.89. The van der Waals surface area contributed by atoms with E-state index in [0.717, 1.165) is 24.8 Å². The summed E-state index contributed by atoms with van der Waals surface area (Å²) in [5, 5.41) is 0. The number of nitrogens with zero attached hydrogens (tertiary/aromatic N) is 2. The van der Waals surface area contributed by atoms with Crippen molar-refractivity contribution in [1.29, 1.82) is 0 Å². The van der Waals surface area contributed by atoms with E-state index in [1.165, 1.54) is 77.0 Å². The average molecular weight is 610 g/mol. The van der Waals surface area contributed by atoms with Crippen LogP contribution in [0.3, 0.4) is 0 Å². The standard InChI is InChI=1S/C33H58N2O6P/c1-4-6-7-8-9-10-11-12-13-14-15-16-17-18-25-38-28-33(39-24-5-2)29-40-42(36,37)41-32-21-19-20-31(26-32)27-35-23-22-34(3)30-35/h19-23,26,30,33H,4-18,24-25,27-29H2,1-3H3,(H,36,37). The molecule has 0 saturated heterocycles. The number of rotatable bonds is 27. The molecular weight excluding hydrogens is 551 g/mol. The predicted molar refractivity (Wildman–Crippen MR) is 171 cm³/mol. The molecule has 2 atom stereocenters. The first-order chi connectivity index (χ1) is 20.4. The van der Waals surface area contributed by atoms with E-state index in [9.17, 15) is 9.46 Å². The van der Waals surface area contributed by atoms with Gasteiger partial charge in [0.15, 0.2) is 0 Å². The molecule has 1 aliphatic heterocycles. The summed E-state index contributed by atoms with van der Waals surface area (Å²) in [6, 6.07) is 7.14. The third-order valence-electron chi connectivity index (χ3n) is 7.24. The fourth-order valence-corrected chi connectivity index (χ4v) is 5.67. The van der Waals surface area contributed by atoms with Crippen LogP contribution in [0, 0.1) is 6.67 Å². The molecule has 0 aromatic heterocycles. The molecule has 1 N–H and O–H groups in total. The van der Waals surface area contributed by atoms with E-state index >= 15 is 0 Å². The smallest absolute Gasteiger partial charge is 0.404 e. The molecule has 2 rings (SSSR count). The Kier molecular flexibility index (Phi) is 20.0. The van der Waals surface area contributed by atoms with E-state index in [1.54, 1.807) is 18.2 Å². The highest BCUT2D eigenvalue weighted by Gasteiger charge is 2.26. The van der Waals surface area contributed by atoms with Gasteiger partial charge in [0.05, 0.1) is 13.2 Å². The van der Waals surface area contributed by atoms with Crippen LogP contribution in [0.4, 0.5) is 0 Å². The van der Waals surface area contributed by atoms with Gasteiger partial charge in [0, 0.05) is 39.2 Å². The molecule has 1 aromatic carbocycles. The van der Waals surface area contributed by atoms with E-state index in [1.807, 2.05) is 48.9 Å². The molecule has 1 aliphatic rings. The highest BCUT2D eigenvalue weighted by atomic mass is 31.2. The molecule has 2 unspecified atom stereocenters. The summed E-state index contributed by atoms with van der Waals surface area (Å²) >= 11 is 0. The van der Waals surface area contributed by atoms with Crippen LogP contribution in [0.5, 0.6) is 5.75 Å². The average Bonchev–Trinajstić information content (AvgIpc) is 3.37. The number of unbranched alkanes of at least 4 members (excludes halogenated alkanes) is 13. The van der Waals surface area contributed by atoms with Gasteiger partial charge in [-0.1, -0.05) is 109 Å². The SMILES string of the molecule is CCCCCCCCCCCCCCCCOCC(COP(=O)(O)Oc1cccc(CN2[CH]N(C)C=C2)c1)OCCC. The third-order valence-corrected chi connectivity index (χ3v) is 8.15. The van der Waals surface area contributed by atoms with Crippen LogP contribution >= 0.6 is 7.82 Å². The Morgan fingerprint density at radius 1 is 0.810 bits per heavy atom. The van der Waals surface area contributed by atoms with Gasteiger partial charge in [-0.15, -0.1) is 0 Å². The maximum Gasteiger partial charge on any atom is 0.527 e. The predicted octanol–water partition coefficient (Wildman–Crippen LogP) is 8.81. The Labute approximate surface area is 256 Å². The lowest BCUT2D eigenvalue weighted by atomic mass is 10.0. The van der Waals surface area contributed by atoms with Gasteiger partial charge in [0.2, 0.25) is 0 Å². The summed E-state index contributed by atoms with van der Waals surface area (Å²) < 4.78 is 35.0. The third kappa shape index (κ3) is 18.2. The Balaban J connectivity index is 1.56. The fraction of sp³-hybridized carbons (Fsp3) is 0.727. The molecule has 8 nitrogen and oxygen atoms in total. The number of benzene rings is 1. The van der Waals surface area contributed by atoms with E-state index in [-0.39, 0.29) is 12.4 Å². The quantitative estimate of drug-likeness (QED) is 0.0783. The lowest BCUT2D eigenvalue weighted by Gasteiger charge is -2.20. The maximum absolute atomic E-state index is 12.7. The number of hydrogen-bond donors (Lipinski definition) is 1. The molecule has 241 valence electrons. The van der Waals surface area contributed by atoms with Crippen molar-refractivity contribution in [2.75, 3.05) is 33.5 Å². The molecule has 0 saturated carbocycles. The zero-order valence-corrected chi connectivity index (χ0v) is 27.5. The molecule has 1 heterocycles. The van der Waals surface area contributed by atoms with E-state index in [4.69, 9.17) is 18.5 Å². The van der Waals surface area contributed by atoms with Crippen LogP contribution < -0.4 is 4.52 Å². The van der Waals surface area contributed by atoms with Crippen molar-refractivity contribution >= 4 is 7.82 Å². The van der Waals surface area contributed by atoms with Gasteiger partial charge in [-0.25, -0.2) is 4.57 Å². The second-order valence-corrected chi connectivity index (χ2v) is 12.8. The van der Waals surface area contributed by atoms with Crippen molar-refractivity contribution in [1.82, 2.24) is 9.80 Å². The highest BCUT2D eigenvalue weighted by molar-refractivity contribution is 7.47. The number of phosphoric ester groups is 1. The Morgan fingerprint density at radius 2 is 1.45 bits per heavy atom. The van der Waals surface area contributed by atoms with Crippen molar-refractivity contribution in [3.05, 3.63) is 48.9 Å². The summed E-state index contributed by atoms with van der Waals surface area (Å²) in [4.78, 5) is 14.3. The molecule has 1 radical (unpaired) electrons. The number of phosphoric acid groups is 1. The first-order valence-corrected chi connectivity index (χ1v) is 17.9. The van der Waals surface area contributed by atoms with Gasteiger partial charge in [-0.2, -0.15) is 0 Å². The molecule has 0 bridgehead atoms. The second-order valence-electron chi connectivity index (χ2n) is 11.4. The van der Waals surface area contributed by atoms with Crippen LogP contribution in [0.25, 0.3) is 0 Å². The summed E-state index contributed by atoms with van der Waals surface area (Å²) in [6.07, 6.45) is 22.9. The second kappa shape index (κ2) is 22.9. The highest BCUT2D eigenvalue weighted by Crippen LogP contribution is 2.44. The molecular formula is C33H58N2O6P. The lowest BCUT2D eigenvalue weighted by molar-refractivity contribution is -0.0413. The van der Waals surface area contributed by atoms with Gasteiger partial charge >= 0.3 is 7.82 Å². The van der Waals surface area contributed by atoms with Crippen LogP contribution in [0.2, 0.25) is 0 Å². The van der Waals surface area contributed by atoms with Crippen molar-refractivity contribution in [3.8, 4) is 5.75 Å². The van der Waals surface area contributed by atoms with Crippen molar-refractivity contribution in [2.24, 2.45) is 0 Å². The minimum Gasteiger partial charge on any atom is -0.404 e. The first-order valence-electron chi connectivity index (χ1n) is 16.4. The Bertz CT molecular complexity index is 886. The van der Waals surface area contributed by atoms with Crippen molar-refractivity contribution in [3.63, 3.8) is 0 Å². The van der Waals surface area contributed by atoms with Crippen molar-refractivity contribution in [2.45, 2.75) is 123 Å². The van der Waals surface area contributed by atoms with Gasteiger partial charge in [-0.3, -0.25) is 9.42 Å². The molecule has 0 aliphatic carbocycles. The molecule has 1 aromatic rings. The van der Waals surface area contributed by atoms with Crippen LogP contribution in [0.1, 0.15) is 116 Å². The zero-order chi connectivity index (χ0) is 30.3. The minimum absolute atomic E-state index is 0.0773. The summed E-state index contributed by atoms with van der Waals surface area (Å²) in [5.74, 6) is 0.287. The van der Waals surface area contributed by atoms with Crippen LogP contribution in [0.15, 0.2) is 36.7 Å². The molecule has 0 fully saturated rings. The van der Waals surface area contributed by atoms with Gasteiger partial charge in [0.1, 0.15) is 18.5 Å². The van der Waals surface area contributed by atoms with E-state index < -0.39 is 13.9 Å². The first kappa shape index (κ1) is 36.6. The van der Waals surface area contributed by atoms with Gasteiger partial charge in [-0.05, 0) is 30.5 Å². The monoisotopic (exact) mass is 609 g/mol. The number of ether oxygens (including phenoxy) is 2. The largest absolute Gasteiger partial charge is 0.527 e. The minimum atomic E-state index is -4.32. The topological polar surface area (TPSA) is 80.7 Å². The normalized spacial score (nSPS) is 15.3. The van der Waals surface area contributed by atoms with Crippen LogP contribution in [-0.4, -0.2) is 54.3 Å².